The summed E-state index contributed by atoms with van der Waals surface area (Å²) in [4.78, 5) is 1.97. The molecule has 0 amide bonds. The number of halogens is 1. The Morgan fingerprint density at radius 1 is 1.33 bits per heavy atom. The third-order valence-corrected chi connectivity index (χ3v) is 2.17. The second-order valence-corrected chi connectivity index (χ2v) is 3.69. The highest BCUT2D eigenvalue weighted by Crippen LogP contribution is 2.03. The topological polar surface area (TPSA) is 29.3 Å². The van der Waals surface area contributed by atoms with Crippen molar-refractivity contribution in [3.8, 4) is 0 Å². The molecule has 0 saturated heterocycles. The zero-order chi connectivity index (χ0) is 9.56. The van der Waals surface area contributed by atoms with Gasteiger partial charge in [-0.25, -0.2) is 4.39 Å². The lowest BCUT2D eigenvalue weighted by Crippen LogP contribution is -2.32. The molecule has 0 aliphatic rings. The monoisotopic (exact) mass is 176 g/mol. The summed E-state index contributed by atoms with van der Waals surface area (Å²) >= 11 is 0. The molecular weight excluding hydrogens is 155 g/mol. The van der Waals surface area contributed by atoms with E-state index in [1.54, 1.807) is 0 Å². The van der Waals surface area contributed by atoms with Crippen molar-refractivity contribution < 1.29 is 4.39 Å². The molecule has 0 rings (SSSR count). The zero-order valence-electron chi connectivity index (χ0n) is 8.39. The Kier molecular flexibility index (Phi) is 6.30. The molecular formula is C9H21FN2. The summed E-state index contributed by atoms with van der Waals surface area (Å²) in [5.41, 5.74) is 5.84. The number of rotatable bonds is 6. The normalized spacial score (nSPS) is 14.2. The van der Waals surface area contributed by atoms with Crippen LogP contribution in [-0.4, -0.2) is 37.8 Å². The minimum absolute atomic E-state index is 0.243. The van der Waals surface area contributed by atoms with E-state index in [4.69, 9.17) is 5.73 Å². The molecule has 0 aromatic rings. The molecule has 1 atom stereocenters. The lowest BCUT2D eigenvalue weighted by molar-refractivity contribution is 0.275. The molecule has 0 bridgehead atoms. The van der Waals surface area contributed by atoms with Crippen LogP contribution in [0.5, 0.6) is 0 Å². The first-order chi connectivity index (χ1) is 5.57. The fourth-order valence-electron chi connectivity index (χ4n) is 0.959. The van der Waals surface area contributed by atoms with Gasteiger partial charge in [0.2, 0.25) is 0 Å². The van der Waals surface area contributed by atoms with Crippen molar-refractivity contribution >= 4 is 0 Å². The maximum Gasteiger partial charge on any atom is 0.102 e. The van der Waals surface area contributed by atoms with Gasteiger partial charge in [0.25, 0.3) is 0 Å². The van der Waals surface area contributed by atoms with Gasteiger partial charge in [0, 0.05) is 12.6 Å². The molecule has 0 aromatic carbocycles. The number of nitrogens with two attached hydrogens (primary N) is 1. The molecule has 0 heterocycles. The molecule has 0 aliphatic carbocycles. The van der Waals surface area contributed by atoms with Gasteiger partial charge < -0.3 is 10.6 Å². The van der Waals surface area contributed by atoms with Gasteiger partial charge in [-0.15, -0.1) is 0 Å². The summed E-state index contributed by atoms with van der Waals surface area (Å²) < 4.78 is 11.9. The summed E-state index contributed by atoms with van der Waals surface area (Å²) in [6.45, 7) is 5.36. The van der Waals surface area contributed by atoms with Gasteiger partial charge in [0.15, 0.2) is 0 Å². The predicted octanol–water partition coefficient (Wildman–Crippen LogP) is 1.26. The van der Waals surface area contributed by atoms with Gasteiger partial charge in [-0.05, 0) is 25.9 Å². The van der Waals surface area contributed by atoms with E-state index in [2.05, 4.69) is 13.8 Å². The largest absolute Gasteiger partial charge is 0.327 e. The summed E-state index contributed by atoms with van der Waals surface area (Å²) in [6, 6.07) is 0.243. The minimum atomic E-state index is -0.270. The highest BCUT2D eigenvalue weighted by Gasteiger charge is 2.08. The van der Waals surface area contributed by atoms with E-state index in [0.29, 0.717) is 12.5 Å². The molecule has 1 unspecified atom stereocenters. The fourth-order valence-corrected chi connectivity index (χ4v) is 0.959. The first-order valence-electron chi connectivity index (χ1n) is 4.58. The second kappa shape index (κ2) is 6.38. The Bertz CT molecular complexity index is 107. The predicted molar refractivity (Wildman–Crippen MR) is 50.9 cm³/mol. The Hall–Kier alpha value is -0.150. The number of alkyl halides is 1. The van der Waals surface area contributed by atoms with Crippen molar-refractivity contribution in [3.63, 3.8) is 0 Å². The van der Waals surface area contributed by atoms with Crippen molar-refractivity contribution in [2.24, 2.45) is 11.7 Å². The SMILES string of the molecule is CC(C)C(N)CCN(C)CCF. The summed E-state index contributed by atoms with van der Waals surface area (Å²) in [7, 11) is 1.92. The van der Waals surface area contributed by atoms with Crippen LogP contribution in [0.15, 0.2) is 0 Å². The third-order valence-electron chi connectivity index (χ3n) is 2.17. The van der Waals surface area contributed by atoms with Crippen molar-refractivity contribution in [3.05, 3.63) is 0 Å². The lowest BCUT2D eigenvalue weighted by atomic mass is 10.0. The van der Waals surface area contributed by atoms with Crippen molar-refractivity contribution in [1.29, 1.82) is 0 Å². The van der Waals surface area contributed by atoms with Gasteiger partial charge in [0.05, 0.1) is 0 Å². The zero-order valence-corrected chi connectivity index (χ0v) is 8.39. The van der Waals surface area contributed by atoms with Crippen LogP contribution in [0.2, 0.25) is 0 Å². The van der Waals surface area contributed by atoms with Crippen LogP contribution in [0.3, 0.4) is 0 Å². The molecule has 0 fully saturated rings. The number of hydrogen-bond acceptors (Lipinski definition) is 2. The Balaban J connectivity index is 3.40. The molecule has 12 heavy (non-hydrogen) atoms. The molecule has 2 N–H and O–H groups in total. The standard InChI is InChI=1S/C9H21FN2/c1-8(2)9(11)4-6-12(3)7-5-10/h8-9H,4-7,11H2,1-3H3. The average molecular weight is 176 g/mol. The summed E-state index contributed by atoms with van der Waals surface area (Å²) in [6.07, 6.45) is 0.953. The molecule has 0 aromatic heterocycles. The van der Waals surface area contributed by atoms with Crippen LogP contribution in [0.1, 0.15) is 20.3 Å². The molecule has 0 aliphatic heterocycles. The van der Waals surface area contributed by atoms with Gasteiger partial charge in [-0.1, -0.05) is 13.8 Å². The number of nitrogens with zero attached hydrogens (tertiary/aromatic N) is 1. The first-order valence-corrected chi connectivity index (χ1v) is 4.58. The Morgan fingerprint density at radius 3 is 2.33 bits per heavy atom. The van der Waals surface area contributed by atoms with Crippen LogP contribution < -0.4 is 5.73 Å². The van der Waals surface area contributed by atoms with Crippen LogP contribution in [0.4, 0.5) is 4.39 Å². The Labute approximate surface area is 74.9 Å². The van der Waals surface area contributed by atoms with Crippen molar-refractivity contribution in [2.45, 2.75) is 26.3 Å². The van der Waals surface area contributed by atoms with E-state index < -0.39 is 0 Å². The maximum atomic E-state index is 11.9. The van der Waals surface area contributed by atoms with Crippen molar-refractivity contribution in [1.82, 2.24) is 4.90 Å². The average Bonchev–Trinajstić information content (AvgIpc) is 2.00. The van der Waals surface area contributed by atoms with E-state index in [1.165, 1.54) is 0 Å². The van der Waals surface area contributed by atoms with Crippen LogP contribution in [0.25, 0.3) is 0 Å². The van der Waals surface area contributed by atoms with Gasteiger partial charge >= 0.3 is 0 Å². The molecule has 0 saturated carbocycles. The van der Waals surface area contributed by atoms with E-state index in [-0.39, 0.29) is 12.7 Å². The lowest BCUT2D eigenvalue weighted by Gasteiger charge is -2.20. The number of hydrogen-bond donors (Lipinski definition) is 1. The molecule has 0 radical (unpaired) electrons. The van der Waals surface area contributed by atoms with Crippen LogP contribution >= 0.6 is 0 Å². The third kappa shape index (κ3) is 5.49. The second-order valence-electron chi connectivity index (χ2n) is 3.69. The van der Waals surface area contributed by atoms with Gasteiger partial charge in [-0.3, -0.25) is 0 Å². The van der Waals surface area contributed by atoms with E-state index in [9.17, 15) is 4.39 Å². The fraction of sp³-hybridized carbons (Fsp3) is 1.00. The quantitative estimate of drug-likeness (QED) is 0.660. The molecule has 3 heteroatoms. The first kappa shape index (κ1) is 11.8. The Morgan fingerprint density at radius 2 is 1.92 bits per heavy atom. The minimum Gasteiger partial charge on any atom is -0.327 e. The van der Waals surface area contributed by atoms with Gasteiger partial charge in [0.1, 0.15) is 6.67 Å². The molecule has 2 nitrogen and oxygen atoms in total. The van der Waals surface area contributed by atoms with Crippen LogP contribution in [0, 0.1) is 5.92 Å². The van der Waals surface area contributed by atoms with Crippen LogP contribution in [-0.2, 0) is 0 Å². The van der Waals surface area contributed by atoms with E-state index >= 15 is 0 Å². The summed E-state index contributed by atoms with van der Waals surface area (Å²) in [5.74, 6) is 0.517. The highest BCUT2D eigenvalue weighted by molar-refractivity contribution is 4.66. The van der Waals surface area contributed by atoms with Crippen molar-refractivity contribution in [2.75, 3.05) is 26.8 Å². The summed E-state index contributed by atoms with van der Waals surface area (Å²) in [5, 5.41) is 0. The highest BCUT2D eigenvalue weighted by atomic mass is 19.1. The van der Waals surface area contributed by atoms with E-state index in [1.807, 2.05) is 11.9 Å². The van der Waals surface area contributed by atoms with E-state index in [0.717, 1.165) is 13.0 Å². The smallest absolute Gasteiger partial charge is 0.102 e. The van der Waals surface area contributed by atoms with Gasteiger partial charge in [-0.2, -0.15) is 0 Å². The molecule has 0 spiro atoms. The maximum absolute atomic E-state index is 11.9. The molecule has 74 valence electrons.